The number of ether oxygens (including phenoxy) is 1. The number of carbonyl (C=O) groups is 2. The molecular weight excluding hydrogens is 290 g/mol. The van der Waals surface area contributed by atoms with E-state index >= 15 is 0 Å². The molecule has 0 bridgehead atoms. The van der Waals surface area contributed by atoms with Crippen molar-refractivity contribution >= 4 is 29.6 Å². The van der Waals surface area contributed by atoms with Gasteiger partial charge in [0.1, 0.15) is 0 Å². The molecule has 0 aliphatic heterocycles. The molecule has 1 N–H and O–H groups in total. The van der Waals surface area contributed by atoms with E-state index in [0.29, 0.717) is 11.6 Å². The number of rotatable bonds is 6. The highest BCUT2D eigenvalue weighted by molar-refractivity contribution is 6.31. The van der Waals surface area contributed by atoms with Crippen molar-refractivity contribution in [3.05, 3.63) is 40.4 Å². The molecule has 0 radical (unpaired) electrons. The zero-order valence-electron chi connectivity index (χ0n) is 12.5. The fraction of sp³-hybridized carbons (Fsp3) is 0.375. The minimum absolute atomic E-state index is 0.294. The Bertz CT molecular complexity index is 540. The summed E-state index contributed by atoms with van der Waals surface area (Å²) in [5.74, 6) is -0.858. The standard InChI is InChI=1S/C16H20ClNO3/c1-4-9-18-16(20)12(3)21-15(19)8-7-13-6-5-11(2)14(17)10-13/h5-8,10,12H,4,9H2,1-3H3,(H,18,20)/b8-7+/t12-/m0/s1. The molecule has 1 atom stereocenters. The Morgan fingerprint density at radius 2 is 2.14 bits per heavy atom. The maximum atomic E-state index is 11.6. The average molecular weight is 310 g/mol. The molecule has 1 rings (SSSR count). The van der Waals surface area contributed by atoms with Crippen LogP contribution < -0.4 is 5.32 Å². The molecule has 0 aliphatic carbocycles. The van der Waals surface area contributed by atoms with Gasteiger partial charge in [0.05, 0.1) is 0 Å². The number of hydrogen-bond donors (Lipinski definition) is 1. The van der Waals surface area contributed by atoms with Crippen molar-refractivity contribution in [1.29, 1.82) is 0 Å². The third-order valence-corrected chi connectivity index (χ3v) is 3.23. The van der Waals surface area contributed by atoms with Crippen LogP contribution in [0.5, 0.6) is 0 Å². The van der Waals surface area contributed by atoms with Crippen molar-refractivity contribution in [2.24, 2.45) is 0 Å². The lowest BCUT2D eigenvalue weighted by molar-refractivity contribution is -0.150. The zero-order valence-corrected chi connectivity index (χ0v) is 13.2. The van der Waals surface area contributed by atoms with Crippen LogP contribution in [0.4, 0.5) is 0 Å². The van der Waals surface area contributed by atoms with Gasteiger partial charge in [0, 0.05) is 17.6 Å². The van der Waals surface area contributed by atoms with Crippen LogP contribution >= 0.6 is 11.6 Å². The maximum absolute atomic E-state index is 11.6. The lowest BCUT2D eigenvalue weighted by Crippen LogP contribution is -2.35. The molecule has 4 nitrogen and oxygen atoms in total. The summed E-state index contributed by atoms with van der Waals surface area (Å²) in [6.07, 6.45) is 2.91. The summed E-state index contributed by atoms with van der Waals surface area (Å²) in [5, 5.41) is 3.30. The quantitative estimate of drug-likeness (QED) is 0.649. The van der Waals surface area contributed by atoms with Gasteiger partial charge >= 0.3 is 5.97 Å². The van der Waals surface area contributed by atoms with Gasteiger partial charge in [-0.05, 0) is 43.5 Å². The second-order valence-corrected chi connectivity index (χ2v) is 5.12. The van der Waals surface area contributed by atoms with E-state index in [4.69, 9.17) is 16.3 Å². The predicted molar refractivity (Wildman–Crippen MR) is 84.1 cm³/mol. The third-order valence-electron chi connectivity index (χ3n) is 2.82. The maximum Gasteiger partial charge on any atom is 0.331 e. The van der Waals surface area contributed by atoms with E-state index in [2.05, 4.69) is 5.32 Å². The van der Waals surface area contributed by atoms with Crippen molar-refractivity contribution in [2.75, 3.05) is 6.54 Å². The number of hydrogen-bond acceptors (Lipinski definition) is 3. The van der Waals surface area contributed by atoms with Crippen molar-refractivity contribution in [3.8, 4) is 0 Å². The van der Waals surface area contributed by atoms with Crippen molar-refractivity contribution < 1.29 is 14.3 Å². The van der Waals surface area contributed by atoms with Gasteiger partial charge < -0.3 is 10.1 Å². The van der Waals surface area contributed by atoms with Gasteiger partial charge in [-0.2, -0.15) is 0 Å². The smallest absolute Gasteiger partial charge is 0.331 e. The summed E-state index contributed by atoms with van der Waals surface area (Å²) in [6, 6.07) is 5.48. The zero-order chi connectivity index (χ0) is 15.8. The van der Waals surface area contributed by atoms with Gasteiger partial charge in [0.2, 0.25) is 0 Å². The summed E-state index contributed by atoms with van der Waals surface area (Å²) < 4.78 is 5.01. The highest BCUT2D eigenvalue weighted by atomic mass is 35.5. The van der Waals surface area contributed by atoms with E-state index in [9.17, 15) is 9.59 Å². The van der Waals surface area contributed by atoms with E-state index in [0.717, 1.165) is 17.5 Å². The molecule has 0 aliphatic rings. The molecule has 0 heterocycles. The van der Waals surface area contributed by atoms with Crippen LogP contribution in [0, 0.1) is 6.92 Å². The van der Waals surface area contributed by atoms with Gasteiger partial charge in [-0.3, -0.25) is 4.79 Å². The predicted octanol–water partition coefficient (Wildman–Crippen LogP) is 3.12. The first-order valence-corrected chi connectivity index (χ1v) is 7.24. The van der Waals surface area contributed by atoms with Crippen LogP contribution in [0.2, 0.25) is 5.02 Å². The summed E-state index contributed by atoms with van der Waals surface area (Å²) in [5.41, 5.74) is 1.77. The molecule has 0 fully saturated rings. The lowest BCUT2D eigenvalue weighted by Gasteiger charge is -2.11. The first-order valence-electron chi connectivity index (χ1n) is 6.86. The van der Waals surface area contributed by atoms with E-state index in [-0.39, 0.29) is 5.91 Å². The van der Waals surface area contributed by atoms with Gasteiger partial charge in [-0.25, -0.2) is 4.79 Å². The van der Waals surface area contributed by atoms with Crippen molar-refractivity contribution in [2.45, 2.75) is 33.3 Å². The minimum Gasteiger partial charge on any atom is -0.449 e. The van der Waals surface area contributed by atoms with E-state index in [1.165, 1.54) is 6.08 Å². The van der Waals surface area contributed by atoms with E-state index in [1.807, 2.05) is 26.0 Å². The molecule has 0 saturated carbocycles. The Morgan fingerprint density at radius 1 is 1.43 bits per heavy atom. The Balaban J connectivity index is 2.54. The second-order valence-electron chi connectivity index (χ2n) is 4.71. The second kappa shape index (κ2) is 8.47. The van der Waals surface area contributed by atoms with Crippen LogP contribution in [0.3, 0.4) is 0 Å². The van der Waals surface area contributed by atoms with E-state index in [1.54, 1.807) is 19.1 Å². The number of amides is 1. The Kier molecular flexibility index (Phi) is 6.96. The Hall–Kier alpha value is -1.81. The lowest BCUT2D eigenvalue weighted by atomic mass is 10.1. The number of halogens is 1. The van der Waals surface area contributed by atoms with E-state index < -0.39 is 12.1 Å². The normalized spacial score (nSPS) is 12.2. The molecule has 1 aromatic rings. The molecule has 0 saturated heterocycles. The first-order chi connectivity index (χ1) is 9.93. The largest absolute Gasteiger partial charge is 0.449 e. The Labute approximate surface area is 130 Å². The number of aryl methyl sites for hydroxylation is 1. The van der Waals surface area contributed by atoms with Crippen LogP contribution in [0.25, 0.3) is 6.08 Å². The first kappa shape index (κ1) is 17.2. The monoisotopic (exact) mass is 309 g/mol. The van der Waals surface area contributed by atoms with Gasteiger partial charge in [-0.15, -0.1) is 0 Å². The number of esters is 1. The highest BCUT2D eigenvalue weighted by Gasteiger charge is 2.15. The summed E-state index contributed by atoms with van der Waals surface area (Å²) in [4.78, 5) is 23.2. The molecule has 0 unspecified atom stereocenters. The fourth-order valence-electron chi connectivity index (χ4n) is 1.54. The van der Waals surface area contributed by atoms with Gasteiger partial charge in [0.15, 0.2) is 6.10 Å². The molecule has 5 heteroatoms. The fourth-order valence-corrected chi connectivity index (χ4v) is 1.72. The summed E-state index contributed by atoms with van der Waals surface area (Å²) in [6.45, 7) is 5.96. The minimum atomic E-state index is -0.810. The molecule has 1 aromatic carbocycles. The highest BCUT2D eigenvalue weighted by Crippen LogP contribution is 2.17. The number of benzene rings is 1. The SMILES string of the molecule is CCCNC(=O)[C@H](C)OC(=O)/C=C/c1ccc(C)c(Cl)c1. The van der Waals surface area contributed by atoms with Gasteiger partial charge in [-0.1, -0.05) is 30.7 Å². The van der Waals surface area contributed by atoms with Crippen molar-refractivity contribution in [3.63, 3.8) is 0 Å². The molecule has 0 spiro atoms. The van der Waals surface area contributed by atoms with Gasteiger partial charge in [0.25, 0.3) is 5.91 Å². The molecule has 114 valence electrons. The number of carbonyl (C=O) groups excluding carboxylic acids is 2. The van der Waals surface area contributed by atoms with Crippen molar-refractivity contribution in [1.82, 2.24) is 5.32 Å². The van der Waals surface area contributed by atoms with Crippen LogP contribution in [0.15, 0.2) is 24.3 Å². The van der Waals surface area contributed by atoms with Crippen LogP contribution in [-0.2, 0) is 14.3 Å². The van der Waals surface area contributed by atoms with Crippen LogP contribution in [-0.4, -0.2) is 24.5 Å². The molecule has 0 aromatic heterocycles. The summed E-state index contributed by atoms with van der Waals surface area (Å²) >= 11 is 6.00. The average Bonchev–Trinajstić information content (AvgIpc) is 2.45. The molecular formula is C16H20ClNO3. The molecule has 1 amide bonds. The van der Waals surface area contributed by atoms with Crippen LogP contribution in [0.1, 0.15) is 31.4 Å². The Morgan fingerprint density at radius 3 is 2.76 bits per heavy atom. The number of nitrogens with one attached hydrogen (secondary N) is 1. The topological polar surface area (TPSA) is 55.4 Å². The third kappa shape index (κ3) is 6.00. The summed E-state index contributed by atoms with van der Waals surface area (Å²) in [7, 11) is 0. The molecule has 21 heavy (non-hydrogen) atoms.